The summed E-state index contributed by atoms with van der Waals surface area (Å²) < 4.78 is 49.9. The highest BCUT2D eigenvalue weighted by molar-refractivity contribution is 7.89. The quantitative estimate of drug-likeness (QED) is 0.409. The number of aryl methyl sites for hydroxylation is 2. The van der Waals surface area contributed by atoms with Crippen molar-refractivity contribution in [3.05, 3.63) is 59.0 Å². The largest absolute Gasteiger partial charge is 0.493 e. The second-order valence-electron chi connectivity index (χ2n) is 9.29. The van der Waals surface area contributed by atoms with Crippen LogP contribution in [0.15, 0.2) is 45.8 Å². The summed E-state index contributed by atoms with van der Waals surface area (Å²) in [6.07, 6.45) is 4.15. The van der Waals surface area contributed by atoms with Crippen molar-refractivity contribution >= 4 is 33.8 Å². The van der Waals surface area contributed by atoms with Crippen LogP contribution in [0.4, 0.5) is 5.69 Å². The lowest BCUT2D eigenvalue weighted by Gasteiger charge is -2.30. The Balaban J connectivity index is 1.44. The molecule has 1 fully saturated rings. The summed E-state index contributed by atoms with van der Waals surface area (Å²) in [5.74, 6) is 0.877. The number of hydrogen-bond acceptors (Lipinski definition) is 8. The molecule has 1 saturated heterocycles. The Morgan fingerprint density at radius 3 is 2.18 bits per heavy atom. The van der Waals surface area contributed by atoms with Gasteiger partial charge < -0.3 is 24.1 Å². The minimum absolute atomic E-state index is 0.0474. The Labute approximate surface area is 228 Å². The second kappa shape index (κ2) is 11.9. The van der Waals surface area contributed by atoms with Crippen molar-refractivity contribution in [2.75, 3.05) is 39.7 Å². The molecule has 1 N–H and O–H groups in total. The molecule has 0 aliphatic carbocycles. The molecule has 0 unspecified atom stereocenters. The Morgan fingerprint density at radius 2 is 1.62 bits per heavy atom. The Bertz CT molecular complexity index is 1430. The fraction of sp³-hybridized carbons (Fsp3) is 0.357. The molecule has 0 radical (unpaired) electrons. The second-order valence-corrected chi connectivity index (χ2v) is 11.2. The molecule has 1 aliphatic rings. The van der Waals surface area contributed by atoms with Crippen LogP contribution in [0.3, 0.4) is 0 Å². The monoisotopic (exact) mass is 555 g/mol. The molecule has 39 heavy (non-hydrogen) atoms. The molecule has 4 rings (SSSR count). The van der Waals surface area contributed by atoms with Crippen LogP contribution in [0.25, 0.3) is 12.2 Å². The van der Waals surface area contributed by atoms with E-state index in [1.807, 2.05) is 31.2 Å². The maximum Gasteiger partial charge on any atom is 0.248 e. The molecule has 0 spiro atoms. The minimum atomic E-state index is -3.88. The van der Waals surface area contributed by atoms with E-state index in [9.17, 15) is 13.2 Å². The topological polar surface area (TPSA) is 120 Å². The van der Waals surface area contributed by atoms with Crippen LogP contribution in [0, 0.1) is 19.8 Å². The van der Waals surface area contributed by atoms with Gasteiger partial charge in [-0.2, -0.15) is 4.31 Å². The van der Waals surface area contributed by atoms with Crippen LogP contribution in [-0.2, 0) is 14.8 Å². The van der Waals surface area contributed by atoms with Gasteiger partial charge in [0.25, 0.3) is 0 Å². The lowest BCUT2D eigenvalue weighted by molar-refractivity contribution is -0.120. The van der Waals surface area contributed by atoms with E-state index in [1.165, 1.54) is 25.6 Å². The van der Waals surface area contributed by atoms with E-state index in [-0.39, 0.29) is 35.6 Å². The Morgan fingerprint density at radius 1 is 1.00 bits per heavy atom. The van der Waals surface area contributed by atoms with Gasteiger partial charge in [0, 0.05) is 36.8 Å². The highest BCUT2D eigenvalue weighted by atomic mass is 32.2. The van der Waals surface area contributed by atoms with Crippen molar-refractivity contribution < 1.29 is 31.9 Å². The van der Waals surface area contributed by atoms with Gasteiger partial charge in [0.2, 0.25) is 21.7 Å². The fourth-order valence-electron chi connectivity index (χ4n) is 4.53. The number of aromatic nitrogens is 1. The van der Waals surface area contributed by atoms with Crippen LogP contribution >= 0.6 is 0 Å². The van der Waals surface area contributed by atoms with E-state index in [0.717, 1.165) is 11.1 Å². The Hall–Kier alpha value is -3.83. The van der Waals surface area contributed by atoms with Crippen molar-refractivity contribution in [3.8, 4) is 17.2 Å². The van der Waals surface area contributed by atoms with Gasteiger partial charge in [-0.3, -0.25) is 4.79 Å². The van der Waals surface area contributed by atoms with Crippen LogP contribution in [-0.4, -0.2) is 58.2 Å². The number of carbonyl (C=O) groups is 1. The van der Waals surface area contributed by atoms with Gasteiger partial charge in [0.05, 0.1) is 21.3 Å². The smallest absolute Gasteiger partial charge is 0.248 e. The number of amides is 1. The lowest BCUT2D eigenvalue weighted by atomic mass is 9.97. The third kappa shape index (κ3) is 6.10. The van der Waals surface area contributed by atoms with Crippen molar-refractivity contribution in [1.29, 1.82) is 0 Å². The van der Waals surface area contributed by atoms with E-state index in [0.29, 0.717) is 41.5 Å². The van der Waals surface area contributed by atoms with Crippen molar-refractivity contribution in [2.45, 2.75) is 31.6 Å². The number of nitrogens with one attached hydrogen (secondary N) is 1. The van der Waals surface area contributed by atoms with Gasteiger partial charge in [-0.25, -0.2) is 8.42 Å². The lowest BCUT2D eigenvalue weighted by Crippen LogP contribution is -2.41. The molecule has 1 aromatic heterocycles. The summed E-state index contributed by atoms with van der Waals surface area (Å²) in [5, 5.41) is 6.80. The number of anilines is 1. The molecular weight excluding hydrogens is 522 g/mol. The fourth-order valence-corrected chi connectivity index (χ4v) is 6.25. The van der Waals surface area contributed by atoms with Crippen LogP contribution in [0.1, 0.15) is 35.4 Å². The van der Waals surface area contributed by atoms with Gasteiger partial charge >= 0.3 is 0 Å². The molecule has 0 atom stereocenters. The summed E-state index contributed by atoms with van der Waals surface area (Å²) in [4.78, 5) is 13.1. The molecule has 1 amide bonds. The van der Waals surface area contributed by atoms with E-state index >= 15 is 0 Å². The van der Waals surface area contributed by atoms with Gasteiger partial charge in [0.15, 0.2) is 22.2 Å². The van der Waals surface area contributed by atoms with Gasteiger partial charge in [-0.15, -0.1) is 0 Å². The first kappa shape index (κ1) is 28.2. The molecular formula is C28H33N3O7S. The van der Waals surface area contributed by atoms with E-state index < -0.39 is 10.0 Å². The zero-order valence-corrected chi connectivity index (χ0v) is 23.5. The highest BCUT2D eigenvalue weighted by Gasteiger charge is 2.36. The maximum atomic E-state index is 13.6. The average molecular weight is 556 g/mol. The molecule has 0 saturated carbocycles. The van der Waals surface area contributed by atoms with E-state index in [4.69, 9.17) is 18.7 Å². The zero-order valence-electron chi connectivity index (χ0n) is 22.7. The first-order chi connectivity index (χ1) is 18.7. The first-order valence-corrected chi connectivity index (χ1v) is 13.9. The number of sulfonamides is 1. The third-order valence-corrected chi connectivity index (χ3v) is 8.75. The van der Waals surface area contributed by atoms with Crippen molar-refractivity contribution in [2.24, 2.45) is 5.92 Å². The van der Waals surface area contributed by atoms with Crippen molar-refractivity contribution in [1.82, 2.24) is 9.46 Å². The summed E-state index contributed by atoms with van der Waals surface area (Å²) >= 11 is 0. The SMILES string of the molecule is COc1cc(NC(=O)C2CCN(S(=O)(=O)c3c(C)noc3C=Cc3ccc(C)cc3)CC2)cc(OC)c1OC. The molecule has 0 bridgehead atoms. The highest BCUT2D eigenvalue weighted by Crippen LogP contribution is 2.40. The molecule has 1 aliphatic heterocycles. The summed E-state index contributed by atoms with van der Waals surface area (Å²) in [5.41, 5.74) is 2.83. The number of nitrogens with zero attached hydrogens (tertiary/aromatic N) is 2. The Kier molecular flexibility index (Phi) is 8.61. The van der Waals surface area contributed by atoms with Gasteiger partial charge in [-0.05, 0) is 38.3 Å². The van der Waals surface area contributed by atoms with Crippen molar-refractivity contribution in [3.63, 3.8) is 0 Å². The number of methoxy groups -OCH3 is 3. The molecule has 3 aromatic rings. The van der Waals surface area contributed by atoms with Crippen LogP contribution in [0.2, 0.25) is 0 Å². The minimum Gasteiger partial charge on any atom is -0.493 e. The molecule has 11 heteroatoms. The zero-order chi connectivity index (χ0) is 28.2. The first-order valence-electron chi connectivity index (χ1n) is 12.5. The maximum absolute atomic E-state index is 13.6. The molecule has 208 valence electrons. The predicted octanol–water partition coefficient (Wildman–Crippen LogP) is 4.53. The summed E-state index contributed by atoms with van der Waals surface area (Å²) in [6, 6.07) is 11.1. The standard InChI is InChI=1S/C28H33N3O7S/c1-18-6-8-20(9-7-18)10-11-23-27(19(2)30-38-23)39(33,34)31-14-12-21(13-15-31)28(32)29-22-16-24(35-3)26(37-5)25(17-22)36-4/h6-11,16-17,21H,12-15H2,1-5H3,(H,29,32). The number of rotatable bonds is 9. The van der Waals surface area contributed by atoms with E-state index in [2.05, 4.69) is 10.5 Å². The molecule has 2 heterocycles. The van der Waals surface area contributed by atoms with Gasteiger partial charge in [0.1, 0.15) is 5.69 Å². The number of piperidine rings is 1. The number of ether oxygens (including phenoxy) is 3. The average Bonchev–Trinajstić information content (AvgIpc) is 3.33. The normalized spacial score (nSPS) is 14.9. The summed E-state index contributed by atoms with van der Waals surface area (Å²) in [7, 11) is 0.627. The molecule has 10 nitrogen and oxygen atoms in total. The molecule has 2 aromatic carbocycles. The summed E-state index contributed by atoms with van der Waals surface area (Å²) in [6.45, 7) is 4.00. The number of hydrogen-bond donors (Lipinski definition) is 1. The van der Waals surface area contributed by atoms with Crippen LogP contribution < -0.4 is 19.5 Å². The predicted molar refractivity (Wildman–Crippen MR) is 148 cm³/mol. The van der Waals surface area contributed by atoms with E-state index in [1.54, 1.807) is 31.2 Å². The number of benzene rings is 2. The van der Waals surface area contributed by atoms with Crippen LogP contribution in [0.5, 0.6) is 17.2 Å². The third-order valence-electron chi connectivity index (χ3n) is 6.69. The van der Waals surface area contributed by atoms with Gasteiger partial charge in [-0.1, -0.05) is 41.1 Å². The number of carbonyl (C=O) groups excluding carboxylic acids is 1.